The average Bonchev–Trinajstić information content (AvgIpc) is 3.21. The van der Waals surface area contributed by atoms with Gasteiger partial charge in [0.05, 0.1) is 5.69 Å². The largest absolute Gasteiger partial charge is 0.457 e. The van der Waals surface area contributed by atoms with E-state index < -0.39 is 0 Å². The van der Waals surface area contributed by atoms with Crippen molar-refractivity contribution >= 4 is 17.1 Å². The van der Waals surface area contributed by atoms with Crippen LogP contribution in [-0.2, 0) is 16.2 Å². The van der Waals surface area contributed by atoms with Crippen LogP contribution in [0.3, 0.4) is 0 Å². The molecule has 0 saturated heterocycles. The normalized spacial score (nSPS) is 25.9. The van der Waals surface area contributed by atoms with E-state index in [1.54, 1.807) is 0 Å². The summed E-state index contributed by atoms with van der Waals surface area (Å²) in [7, 11) is 0. The van der Waals surface area contributed by atoms with Gasteiger partial charge in [0.2, 0.25) is 0 Å². The van der Waals surface area contributed by atoms with Gasteiger partial charge in [-0.25, -0.2) is 0 Å². The predicted molar refractivity (Wildman–Crippen MR) is 232 cm³/mol. The summed E-state index contributed by atoms with van der Waals surface area (Å²) in [6.07, 6.45) is 9.10. The average molecular weight is 732 g/mol. The topological polar surface area (TPSA) is 12.5 Å². The second-order valence-corrected chi connectivity index (χ2v) is 19.2. The summed E-state index contributed by atoms with van der Waals surface area (Å²) < 4.78 is 7.27. The first-order chi connectivity index (χ1) is 27.2. The van der Waals surface area contributed by atoms with Gasteiger partial charge < -0.3 is 9.64 Å². The summed E-state index contributed by atoms with van der Waals surface area (Å²) in [4.78, 5) is 2.54. The number of benzene rings is 6. The Morgan fingerprint density at radius 3 is 1.79 bits per heavy atom. The van der Waals surface area contributed by atoms with Crippen molar-refractivity contribution in [3.8, 4) is 33.8 Å². The van der Waals surface area contributed by atoms with E-state index >= 15 is 0 Å². The molecule has 12 rings (SSSR count). The summed E-state index contributed by atoms with van der Waals surface area (Å²) in [6.45, 7) is 9.77. The van der Waals surface area contributed by atoms with Crippen molar-refractivity contribution in [1.82, 2.24) is 0 Å². The number of fused-ring (bicyclic) bond motifs is 3. The third-order valence-electron chi connectivity index (χ3n) is 15.1. The van der Waals surface area contributed by atoms with Gasteiger partial charge in [0.15, 0.2) is 0 Å². The third kappa shape index (κ3) is 5.07. The SMILES string of the molecule is CC1(C)CCC(C)(C)c2c(N(c3ccc(-c4ccccc4)cc3)c3ccc4c(c3)Oc3cccc(-c5ccccc5)c3C43C4CC5CC(C4)CC3C5)cccc21. The molecule has 1 aliphatic heterocycles. The van der Waals surface area contributed by atoms with Gasteiger partial charge in [0, 0.05) is 34.0 Å². The lowest BCUT2D eigenvalue weighted by Gasteiger charge is -2.63. The number of rotatable bonds is 5. The molecule has 2 nitrogen and oxygen atoms in total. The van der Waals surface area contributed by atoms with Crippen LogP contribution < -0.4 is 9.64 Å². The predicted octanol–water partition coefficient (Wildman–Crippen LogP) is 14.7. The Morgan fingerprint density at radius 2 is 1.09 bits per heavy atom. The monoisotopic (exact) mass is 731 g/mol. The zero-order valence-corrected chi connectivity index (χ0v) is 33.4. The maximum absolute atomic E-state index is 7.27. The maximum Gasteiger partial charge on any atom is 0.133 e. The molecule has 0 amide bonds. The van der Waals surface area contributed by atoms with Crippen molar-refractivity contribution in [3.05, 3.63) is 162 Å². The van der Waals surface area contributed by atoms with Crippen LogP contribution in [0.5, 0.6) is 11.5 Å². The van der Waals surface area contributed by atoms with Crippen molar-refractivity contribution in [2.24, 2.45) is 23.7 Å². The van der Waals surface area contributed by atoms with Crippen molar-refractivity contribution in [2.75, 3.05) is 4.90 Å². The lowest BCUT2D eigenvalue weighted by molar-refractivity contribution is -0.0449. The highest BCUT2D eigenvalue weighted by atomic mass is 16.5. The van der Waals surface area contributed by atoms with Crippen LogP contribution in [0.1, 0.15) is 94.9 Å². The highest BCUT2D eigenvalue weighted by Gasteiger charge is 2.62. The molecule has 1 spiro atoms. The van der Waals surface area contributed by atoms with Gasteiger partial charge in [0.1, 0.15) is 11.5 Å². The molecule has 6 aliphatic rings. The van der Waals surface area contributed by atoms with Crippen molar-refractivity contribution in [1.29, 1.82) is 0 Å². The molecule has 0 aromatic heterocycles. The van der Waals surface area contributed by atoms with E-state index in [2.05, 4.69) is 172 Å². The van der Waals surface area contributed by atoms with Crippen LogP contribution in [0.2, 0.25) is 0 Å². The molecule has 1 heterocycles. The highest BCUT2D eigenvalue weighted by molar-refractivity contribution is 5.84. The molecule has 5 aliphatic carbocycles. The third-order valence-corrected chi connectivity index (χ3v) is 15.1. The molecule has 0 atom stereocenters. The minimum atomic E-state index is -0.0542. The van der Waals surface area contributed by atoms with Crippen LogP contribution in [0.15, 0.2) is 140 Å². The lowest BCUT2D eigenvalue weighted by atomic mass is 9.41. The first-order valence-electron chi connectivity index (χ1n) is 21.3. The summed E-state index contributed by atoms with van der Waals surface area (Å²) in [5.41, 5.74) is 14.6. The van der Waals surface area contributed by atoms with E-state index in [1.165, 1.54) is 94.4 Å². The van der Waals surface area contributed by atoms with Crippen LogP contribution >= 0.6 is 0 Å². The Balaban J connectivity index is 1.12. The molecule has 0 radical (unpaired) electrons. The van der Waals surface area contributed by atoms with Crippen LogP contribution in [0.25, 0.3) is 22.3 Å². The molecule has 0 N–H and O–H groups in total. The molecule has 0 unspecified atom stereocenters. The van der Waals surface area contributed by atoms with Gasteiger partial charge in [-0.3, -0.25) is 0 Å². The van der Waals surface area contributed by atoms with Gasteiger partial charge in [-0.05, 0) is 143 Å². The van der Waals surface area contributed by atoms with Gasteiger partial charge in [-0.15, -0.1) is 0 Å². The van der Waals surface area contributed by atoms with E-state index in [-0.39, 0.29) is 16.2 Å². The van der Waals surface area contributed by atoms with E-state index in [0.29, 0.717) is 11.8 Å². The summed E-state index contributed by atoms with van der Waals surface area (Å²) in [5.74, 6) is 5.09. The second kappa shape index (κ2) is 12.5. The van der Waals surface area contributed by atoms with Gasteiger partial charge in [-0.1, -0.05) is 131 Å². The fourth-order valence-electron chi connectivity index (χ4n) is 12.8. The Bertz CT molecular complexity index is 2430. The molecular formula is C54H53NO. The lowest BCUT2D eigenvalue weighted by Crippen LogP contribution is -2.57. The van der Waals surface area contributed by atoms with Crippen LogP contribution in [-0.4, -0.2) is 0 Å². The molecule has 2 heteroatoms. The van der Waals surface area contributed by atoms with E-state index in [9.17, 15) is 0 Å². The van der Waals surface area contributed by atoms with Gasteiger partial charge >= 0.3 is 0 Å². The van der Waals surface area contributed by atoms with Crippen molar-refractivity contribution in [2.45, 2.75) is 88.9 Å². The Morgan fingerprint density at radius 1 is 0.482 bits per heavy atom. The molecule has 280 valence electrons. The summed E-state index contributed by atoms with van der Waals surface area (Å²) >= 11 is 0. The summed E-state index contributed by atoms with van der Waals surface area (Å²) in [6, 6.07) is 52.3. The molecule has 4 bridgehead atoms. The maximum atomic E-state index is 7.27. The number of hydrogen-bond acceptors (Lipinski definition) is 2. The Kier molecular flexibility index (Phi) is 7.61. The number of hydrogen-bond donors (Lipinski definition) is 0. The first kappa shape index (κ1) is 34.2. The molecule has 4 saturated carbocycles. The molecule has 6 aromatic rings. The molecular weight excluding hydrogens is 679 g/mol. The summed E-state index contributed by atoms with van der Waals surface area (Å²) in [5, 5.41) is 0. The van der Waals surface area contributed by atoms with Gasteiger partial charge in [0.25, 0.3) is 0 Å². The molecule has 4 fully saturated rings. The highest BCUT2D eigenvalue weighted by Crippen LogP contribution is 2.70. The quantitative estimate of drug-likeness (QED) is 0.175. The minimum absolute atomic E-state index is 0.0333. The van der Waals surface area contributed by atoms with Gasteiger partial charge in [-0.2, -0.15) is 0 Å². The first-order valence-corrected chi connectivity index (χ1v) is 21.3. The van der Waals surface area contributed by atoms with E-state index in [0.717, 1.165) is 35.4 Å². The Labute approximate surface area is 333 Å². The van der Waals surface area contributed by atoms with Crippen molar-refractivity contribution < 1.29 is 4.74 Å². The number of ether oxygens (including phenoxy) is 1. The second-order valence-electron chi connectivity index (χ2n) is 19.2. The number of nitrogens with zero attached hydrogens (tertiary/aromatic N) is 1. The van der Waals surface area contributed by atoms with Crippen LogP contribution in [0, 0.1) is 23.7 Å². The van der Waals surface area contributed by atoms with E-state index in [4.69, 9.17) is 4.74 Å². The fourth-order valence-corrected chi connectivity index (χ4v) is 12.8. The molecule has 6 aromatic carbocycles. The minimum Gasteiger partial charge on any atom is -0.457 e. The van der Waals surface area contributed by atoms with Crippen molar-refractivity contribution in [3.63, 3.8) is 0 Å². The standard InChI is InChI=1S/C54H53NO/c1-52(2)27-28-53(3,4)51-46(52)18-12-19-47(51)55(42-23-21-38(22-24-42)37-13-7-5-8-14-37)43-25-26-45-49(34-43)56-48-20-11-17-44(39-15-9-6-10-16-39)50(48)54(45)40-30-35-29-36(32-40)33-41(54)31-35/h5-26,34-36,40-41H,27-33H2,1-4H3. The smallest absolute Gasteiger partial charge is 0.133 e. The van der Waals surface area contributed by atoms with E-state index in [1.807, 2.05) is 0 Å². The molecule has 56 heavy (non-hydrogen) atoms. The zero-order valence-electron chi connectivity index (χ0n) is 33.4. The Hall–Kier alpha value is -5.08. The van der Waals surface area contributed by atoms with Crippen LogP contribution in [0.4, 0.5) is 17.1 Å². The fraction of sp³-hybridized carbons (Fsp3) is 0.333. The zero-order chi connectivity index (χ0) is 37.8. The number of anilines is 3.